The predicted molar refractivity (Wildman–Crippen MR) is 96.9 cm³/mol. The van der Waals surface area contributed by atoms with E-state index in [0.29, 0.717) is 17.7 Å². The van der Waals surface area contributed by atoms with Gasteiger partial charge >= 0.3 is 11.9 Å². The van der Waals surface area contributed by atoms with Crippen molar-refractivity contribution in [3.8, 4) is 0 Å². The molecule has 2 amide bonds. The summed E-state index contributed by atoms with van der Waals surface area (Å²) in [5.74, 6) is -3.51. The van der Waals surface area contributed by atoms with Crippen molar-refractivity contribution < 1.29 is 29.0 Å². The maximum atomic E-state index is 12.5. The van der Waals surface area contributed by atoms with Gasteiger partial charge in [-0.2, -0.15) is 0 Å². The van der Waals surface area contributed by atoms with E-state index in [-0.39, 0.29) is 12.8 Å². The lowest BCUT2D eigenvalue weighted by atomic mass is 10.1. The van der Waals surface area contributed by atoms with E-state index in [1.165, 1.54) is 6.08 Å². The van der Waals surface area contributed by atoms with Crippen molar-refractivity contribution in [2.24, 2.45) is 0 Å². The van der Waals surface area contributed by atoms with Crippen molar-refractivity contribution in [3.05, 3.63) is 36.6 Å². The number of aliphatic carboxylic acids is 1. The molecule has 7 heteroatoms. The first kappa shape index (κ1) is 23.3. The van der Waals surface area contributed by atoms with Crippen molar-refractivity contribution in [1.29, 1.82) is 0 Å². The van der Waals surface area contributed by atoms with Crippen molar-refractivity contribution in [3.63, 3.8) is 0 Å². The van der Waals surface area contributed by atoms with E-state index in [9.17, 15) is 24.3 Å². The normalized spacial score (nSPS) is 12.6. The Morgan fingerprint density at radius 3 is 1.81 bits per heavy atom. The van der Waals surface area contributed by atoms with Crippen molar-refractivity contribution in [2.45, 2.75) is 58.9 Å². The van der Waals surface area contributed by atoms with Gasteiger partial charge in [-0.05, 0) is 33.6 Å². The molecule has 0 radical (unpaired) electrons. The molecule has 144 valence electrons. The van der Waals surface area contributed by atoms with E-state index in [1.54, 1.807) is 45.1 Å². The third kappa shape index (κ3) is 8.96. The molecule has 0 rings (SSSR count). The van der Waals surface area contributed by atoms with E-state index in [2.05, 4.69) is 0 Å². The number of amides is 2. The fourth-order valence-corrected chi connectivity index (χ4v) is 2.11. The molecule has 0 bridgehead atoms. The molecule has 0 aromatic heterocycles. The van der Waals surface area contributed by atoms with Gasteiger partial charge in [-0.3, -0.25) is 19.3 Å². The highest BCUT2D eigenvalue weighted by atomic mass is 16.5. The number of hydrogen-bond donors (Lipinski definition) is 1. The van der Waals surface area contributed by atoms with Gasteiger partial charge in [-0.1, -0.05) is 30.4 Å². The number of rotatable bonds is 11. The number of imide groups is 1. The van der Waals surface area contributed by atoms with Crippen LogP contribution in [0.5, 0.6) is 0 Å². The number of carboxylic acid groups (broad SMARTS) is 1. The van der Waals surface area contributed by atoms with Gasteiger partial charge in [0.15, 0.2) is 0 Å². The van der Waals surface area contributed by atoms with Crippen LogP contribution >= 0.6 is 0 Å². The minimum Gasteiger partial charge on any atom is -0.480 e. The highest BCUT2D eigenvalue weighted by Crippen LogP contribution is 2.14. The Labute approximate surface area is 154 Å². The number of allylic oxidation sites excluding steroid dienone is 5. The average Bonchev–Trinajstić information content (AvgIpc) is 2.59. The quantitative estimate of drug-likeness (QED) is 0.343. The van der Waals surface area contributed by atoms with Gasteiger partial charge in [-0.25, -0.2) is 4.79 Å². The number of esters is 1. The molecule has 0 aliphatic rings. The Morgan fingerprint density at radius 2 is 1.42 bits per heavy atom. The Kier molecular flexibility index (Phi) is 12.2. The second-order valence-electron chi connectivity index (χ2n) is 5.39. The molecule has 0 aromatic rings. The monoisotopic (exact) mass is 365 g/mol. The lowest BCUT2D eigenvalue weighted by molar-refractivity contribution is -0.160. The van der Waals surface area contributed by atoms with Crippen molar-refractivity contribution in [1.82, 2.24) is 4.90 Å². The number of carbonyl (C=O) groups is 4. The zero-order chi connectivity index (χ0) is 19.9. The zero-order valence-electron chi connectivity index (χ0n) is 15.5. The molecule has 0 saturated carbocycles. The van der Waals surface area contributed by atoms with Crippen LogP contribution in [0.25, 0.3) is 0 Å². The van der Waals surface area contributed by atoms with Crippen LogP contribution < -0.4 is 0 Å². The minimum absolute atomic E-state index is 0.0204. The van der Waals surface area contributed by atoms with Crippen LogP contribution in [0.3, 0.4) is 0 Å². The number of hydrogen-bond acceptors (Lipinski definition) is 5. The van der Waals surface area contributed by atoms with E-state index in [1.807, 2.05) is 0 Å². The first-order chi connectivity index (χ1) is 12.4. The molecule has 1 atom stereocenters. The number of carboxylic acids is 1. The topological polar surface area (TPSA) is 101 Å². The highest BCUT2D eigenvalue weighted by Gasteiger charge is 2.35. The first-order valence-corrected chi connectivity index (χ1v) is 8.49. The number of nitrogens with zero attached hydrogens (tertiary/aromatic N) is 1. The minimum atomic E-state index is -1.59. The molecular weight excluding hydrogens is 338 g/mol. The van der Waals surface area contributed by atoms with E-state index in [0.717, 1.165) is 6.26 Å². The van der Waals surface area contributed by atoms with Gasteiger partial charge in [0.1, 0.15) is 6.04 Å². The Balaban J connectivity index is 5.43. The molecule has 0 saturated heterocycles. The summed E-state index contributed by atoms with van der Waals surface area (Å²) in [7, 11) is 0. The molecule has 26 heavy (non-hydrogen) atoms. The SMILES string of the molecule is C/C=C/CCC(=O)N(C(=O)CC/C=C/C)C(CC(=O)O/C=C/C)C(=O)O. The Morgan fingerprint density at radius 1 is 0.923 bits per heavy atom. The maximum absolute atomic E-state index is 12.5. The predicted octanol–water partition coefficient (Wildman–Crippen LogP) is 2.97. The summed E-state index contributed by atoms with van der Waals surface area (Å²) in [6.07, 6.45) is 9.71. The summed E-state index contributed by atoms with van der Waals surface area (Å²) in [5.41, 5.74) is 0. The van der Waals surface area contributed by atoms with Crippen LogP contribution in [-0.2, 0) is 23.9 Å². The Bertz CT molecular complexity index is 549. The highest BCUT2D eigenvalue weighted by molar-refractivity contribution is 6.00. The van der Waals surface area contributed by atoms with Gasteiger partial charge in [0.25, 0.3) is 0 Å². The van der Waals surface area contributed by atoms with E-state index >= 15 is 0 Å². The number of ether oxygens (including phenoxy) is 1. The third-order valence-corrected chi connectivity index (χ3v) is 3.35. The first-order valence-electron chi connectivity index (χ1n) is 8.49. The van der Waals surface area contributed by atoms with Crippen LogP contribution in [0.2, 0.25) is 0 Å². The molecule has 0 spiro atoms. The summed E-state index contributed by atoms with van der Waals surface area (Å²) in [4.78, 5) is 49.0. The van der Waals surface area contributed by atoms with Crippen LogP contribution in [-0.4, -0.2) is 39.8 Å². The van der Waals surface area contributed by atoms with Gasteiger partial charge in [-0.15, -0.1) is 0 Å². The smallest absolute Gasteiger partial charge is 0.327 e. The van der Waals surface area contributed by atoms with Crippen molar-refractivity contribution >= 4 is 23.8 Å². The fraction of sp³-hybridized carbons (Fsp3) is 0.474. The molecule has 1 unspecified atom stereocenters. The molecule has 0 fully saturated rings. The van der Waals surface area contributed by atoms with Gasteiger partial charge < -0.3 is 9.84 Å². The Hall–Kier alpha value is -2.70. The summed E-state index contributed by atoms with van der Waals surface area (Å²) in [6.45, 7) is 5.22. The standard InChI is InChI=1S/C19H27NO6/c1-4-7-9-11-16(21)20(17(22)12-10-8-5-2)15(19(24)25)14-18(23)26-13-6-3/h4-8,13,15H,9-12,14H2,1-3H3,(H,24,25)/b7-4+,8-5+,13-6+. The molecule has 0 aliphatic carbocycles. The molecule has 7 nitrogen and oxygen atoms in total. The second kappa shape index (κ2) is 13.6. The molecule has 1 N–H and O–H groups in total. The van der Waals surface area contributed by atoms with E-state index < -0.39 is 36.2 Å². The maximum Gasteiger partial charge on any atom is 0.327 e. The lowest BCUT2D eigenvalue weighted by Gasteiger charge is -2.26. The van der Waals surface area contributed by atoms with Gasteiger partial charge in [0, 0.05) is 12.8 Å². The van der Waals surface area contributed by atoms with Crippen LogP contribution in [0, 0.1) is 0 Å². The third-order valence-electron chi connectivity index (χ3n) is 3.35. The van der Waals surface area contributed by atoms with Gasteiger partial charge in [0.2, 0.25) is 11.8 Å². The molecular formula is C19H27NO6. The molecule has 0 aromatic carbocycles. The molecule has 0 heterocycles. The fourth-order valence-electron chi connectivity index (χ4n) is 2.11. The van der Waals surface area contributed by atoms with Crippen LogP contribution in [0.4, 0.5) is 0 Å². The summed E-state index contributed by atoms with van der Waals surface area (Å²) >= 11 is 0. The molecule has 0 aliphatic heterocycles. The number of carbonyl (C=O) groups excluding carboxylic acids is 3. The van der Waals surface area contributed by atoms with Crippen molar-refractivity contribution in [2.75, 3.05) is 0 Å². The zero-order valence-corrected chi connectivity index (χ0v) is 15.5. The van der Waals surface area contributed by atoms with Crippen LogP contribution in [0.1, 0.15) is 52.9 Å². The summed E-state index contributed by atoms with van der Waals surface area (Å²) in [6, 6.07) is -1.59. The lowest BCUT2D eigenvalue weighted by Crippen LogP contribution is -2.49. The average molecular weight is 365 g/mol. The van der Waals surface area contributed by atoms with Gasteiger partial charge in [0.05, 0.1) is 12.7 Å². The largest absolute Gasteiger partial charge is 0.480 e. The second-order valence-corrected chi connectivity index (χ2v) is 5.39. The summed E-state index contributed by atoms with van der Waals surface area (Å²) in [5, 5.41) is 9.46. The van der Waals surface area contributed by atoms with Crippen LogP contribution in [0.15, 0.2) is 36.6 Å². The van der Waals surface area contributed by atoms with E-state index in [4.69, 9.17) is 4.74 Å². The summed E-state index contributed by atoms with van der Waals surface area (Å²) < 4.78 is 4.72.